The molecule has 15 aliphatic heterocycles. The van der Waals surface area contributed by atoms with Crippen LogP contribution in [0.3, 0.4) is 0 Å². The van der Waals surface area contributed by atoms with Crippen LogP contribution in [0.15, 0.2) is 73.1 Å². The van der Waals surface area contributed by atoms with E-state index in [0.717, 1.165) is 183 Å². The minimum atomic E-state index is -4.69. The number of benzene rings is 2. The van der Waals surface area contributed by atoms with Gasteiger partial charge in [-0.1, -0.05) is 44.2 Å². The zero-order valence-corrected chi connectivity index (χ0v) is 88.9. The second kappa shape index (κ2) is 51.8. The quantitative estimate of drug-likeness (QED) is 0.0646. The molecule has 22 heterocycles. The number of aromatic nitrogens is 13. The molecule has 145 heavy (non-hydrogen) atoms. The van der Waals surface area contributed by atoms with Crippen LogP contribution >= 0.6 is 69.2 Å². The summed E-state index contributed by atoms with van der Waals surface area (Å²) >= 11 is 8.60. The minimum absolute atomic E-state index is 0.0944. The van der Waals surface area contributed by atoms with Gasteiger partial charge in [-0.2, -0.15) is 56.1 Å². The molecule has 15 aliphatic rings. The first-order chi connectivity index (χ1) is 70.9. The molecule has 2 aromatic carbocycles. The average molecular weight is 2120 g/mol. The van der Waals surface area contributed by atoms with Crippen molar-refractivity contribution in [3.63, 3.8) is 0 Å². The fourth-order valence-corrected chi connectivity index (χ4v) is 28.1. The molecule has 0 spiro atoms. The summed E-state index contributed by atoms with van der Waals surface area (Å²) in [5, 5.41) is 5.85. The van der Waals surface area contributed by atoms with Crippen molar-refractivity contribution in [2.24, 2.45) is 0 Å². The maximum Gasteiger partial charge on any atom is 0.573 e. The Bertz CT molecular complexity index is 5200. The third kappa shape index (κ3) is 29.3. The zero-order chi connectivity index (χ0) is 99.3. The maximum atomic E-state index is 13.9. The standard InChI is InChI=1S/C19H23F3N4OS.C18H23FN4S.C17H23N5S.C16H25F2N5S.2C16H26FN5S/c20-19(21,22)27-16-6-4-14(5-7-16)17-23-18(28-24-17)26-12-8-15(9-13-26)25-10-2-1-3-11-25;19-16-7-3-2-6-15(16)17-20-18(24-21-17)23-12-8-14(9-13-23)22-10-4-1-5-11-22;1-2-10-21(11-3-1)15-6-12-22(13-7-15)17-19-16(20-23-17)14-4-8-18-9-5-14;17-16(18)5-10-22(11-6-16)14-19-15(24-20-14)23-9-3-4-13(23)12-21-7-1-2-8-21;2*17-13-4-9-22(12-13)15-18-16(23-19-15)21-10-5-14(6-11-21)20-7-2-1-3-8-20/h4-7,15H,1-3,8-13H2;2-3,6-7,14H,1,4-5,8-13H2;4-5,8-9,15H,1-3,6-7,10-13H2;13H,1-12H2;2*13-14H,1-12H2/t;;;3*13-/m...010/s1. The van der Waals surface area contributed by atoms with Crippen LogP contribution in [0.25, 0.3) is 34.2 Å². The van der Waals surface area contributed by atoms with Crippen LogP contribution in [-0.2, 0) is 0 Å². The van der Waals surface area contributed by atoms with E-state index in [1.54, 1.807) is 36.7 Å². The molecule has 43 heteroatoms. The Morgan fingerprint density at radius 2 is 0.648 bits per heavy atom. The normalized spacial score (nSPS) is 23.9. The minimum Gasteiger partial charge on any atom is -0.406 e. The summed E-state index contributed by atoms with van der Waals surface area (Å²) in [4.78, 5) is 67.9. The van der Waals surface area contributed by atoms with Crippen molar-refractivity contribution < 1.29 is 39.9 Å². The number of alkyl halides is 7. The first-order valence-electron chi connectivity index (χ1n) is 54.3. The van der Waals surface area contributed by atoms with E-state index >= 15 is 0 Å². The number of halogens is 8. The Hall–Kier alpha value is -7.85. The number of rotatable bonds is 20. The lowest BCUT2D eigenvalue weighted by Gasteiger charge is -2.40. The number of ether oxygens (including phenoxy) is 1. The number of hydrogen-bond acceptors (Lipinski definition) is 35. The van der Waals surface area contributed by atoms with Gasteiger partial charge in [0.05, 0.1) is 18.7 Å². The number of hydrogen-bond donors (Lipinski definition) is 0. The topological polar surface area (TPSA) is 225 Å². The fraction of sp³-hybridized carbons (Fsp3) is 0.716. The van der Waals surface area contributed by atoms with Gasteiger partial charge in [0.1, 0.15) is 23.9 Å². The molecular formula is C102H146F8N28OS6. The van der Waals surface area contributed by atoms with Crippen molar-refractivity contribution in [3.05, 3.63) is 78.9 Å². The van der Waals surface area contributed by atoms with Crippen molar-refractivity contribution in [3.8, 4) is 39.9 Å². The highest BCUT2D eigenvalue weighted by molar-refractivity contribution is 7.11. The molecule has 9 aromatic rings. The van der Waals surface area contributed by atoms with Crippen LogP contribution in [0.5, 0.6) is 5.75 Å². The van der Waals surface area contributed by atoms with Crippen LogP contribution in [0, 0.1) is 5.82 Å². The van der Waals surface area contributed by atoms with Crippen LogP contribution in [0.1, 0.15) is 212 Å². The van der Waals surface area contributed by atoms with Crippen LogP contribution in [-0.4, -0.2) is 348 Å². The van der Waals surface area contributed by atoms with Crippen molar-refractivity contribution >= 4 is 118 Å². The third-order valence-electron chi connectivity index (χ3n) is 32.0. The van der Waals surface area contributed by atoms with Gasteiger partial charge in [0.15, 0.2) is 17.5 Å². The summed E-state index contributed by atoms with van der Waals surface area (Å²) in [5.41, 5.74) is 2.22. The lowest BCUT2D eigenvalue weighted by Crippen LogP contribution is -2.46. The predicted octanol–water partition coefficient (Wildman–Crippen LogP) is 19.3. The van der Waals surface area contributed by atoms with Crippen molar-refractivity contribution in [1.29, 1.82) is 0 Å². The Morgan fingerprint density at radius 1 is 0.317 bits per heavy atom. The summed E-state index contributed by atoms with van der Waals surface area (Å²) in [6.45, 7) is 30.9. The summed E-state index contributed by atoms with van der Waals surface area (Å²) in [7, 11) is 0. The van der Waals surface area contributed by atoms with E-state index in [4.69, 9.17) is 4.98 Å². The molecule has 0 amide bonds. The number of piperidine rings is 11. The number of likely N-dealkylation sites (tertiary alicyclic amines) is 6. The molecule has 0 N–H and O–H groups in total. The van der Waals surface area contributed by atoms with Gasteiger partial charge in [-0.15, -0.1) is 13.2 Å². The van der Waals surface area contributed by atoms with Gasteiger partial charge in [0, 0.05) is 247 Å². The van der Waals surface area contributed by atoms with Gasteiger partial charge < -0.3 is 78.2 Å². The summed E-state index contributed by atoms with van der Waals surface area (Å²) < 4.78 is 135. The highest BCUT2D eigenvalue weighted by atomic mass is 32.1. The molecule has 15 fully saturated rings. The second-order valence-electron chi connectivity index (χ2n) is 41.7. The molecule has 24 rings (SSSR count). The summed E-state index contributed by atoms with van der Waals surface area (Å²) in [6.07, 6.45) is 36.1. The Morgan fingerprint density at radius 3 is 1.03 bits per heavy atom. The van der Waals surface area contributed by atoms with Crippen LogP contribution in [0.4, 0.5) is 83.8 Å². The second-order valence-corrected chi connectivity index (χ2v) is 46.1. The van der Waals surface area contributed by atoms with E-state index < -0.39 is 24.6 Å². The van der Waals surface area contributed by atoms with Gasteiger partial charge >= 0.3 is 6.36 Å². The third-order valence-corrected chi connectivity index (χ3v) is 36.6. The van der Waals surface area contributed by atoms with Crippen LogP contribution in [0.2, 0.25) is 0 Å². The Kier molecular flexibility index (Phi) is 37.7. The SMILES string of the molecule is FC(F)(F)Oc1ccc(-c2nsc(N3CCC(N4CCCCC4)CC3)n2)cc1.FC1(F)CCN(c2nsc(N3CCC[C@H]3CN3CCCC3)n2)CC1.F[C@@H]1CCN(c2nsc(N3CCC(N4CCCCC4)CC3)n2)C1.F[C@H]1CCN(c2nsc(N3CCC(N4CCCCC4)CC3)n2)C1.Fc1ccccc1-c1nsc(N2CCC(N3CCCCC3)CC2)n1.c1cc(-c2nsc(N3CCC(N4CCCCC4)CC3)n2)ccn1. The van der Waals surface area contributed by atoms with Gasteiger partial charge in [-0.3, -0.25) is 4.98 Å². The van der Waals surface area contributed by atoms with E-state index in [9.17, 15) is 35.1 Å². The molecule has 0 bridgehead atoms. The molecular weight excluding hydrogens is 1980 g/mol. The Labute approximate surface area is 874 Å². The van der Waals surface area contributed by atoms with E-state index in [0.29, 0.717) is 79.8 Å². The maximum absolute atomic E-state index is 13.9. The number of anilines is 9. The van der Waals surface area contributed by atoms with Gasteiger partial charge in [-0.25, -0.2) is 22.0 Å². The predicted molar refractivity (Wildman–Crippen MR) is 569 cm³/mol. The first kappa shape index (κ1) is 106. The molecule has 0 unspecified atom stereocenters. The highest BCUT2D eigenvalue weighted by Gasteiger charge is 2.40. The summed E-state index contributed by atoms with van der Waals surface area (Å²) in [6, 6.07) is 20.5. The van der Waals surface area contributed by atoms with Gasteiger partial charge in [0.2, 0.25) is 48.6 Å². The average Bonchev–Trinajstić information content (AvgIpc) is 1.91. The lowest BCUT2D eigenvalue weighted by atomic mass is 10.0. The molecule has 0 saturated carbocycles. The molecule has 3 atom stereocenters. The zero-order valence-electron chi connectivity index (χ0n) is 84.0. The smallest absolute Gasteiger partial charge is 0.406 e. The fourth-order valence-electron chi connectivity index (χ4n) is 23.6. The number of pyridine rings is 1. The van der Waals surface area contributed by atoms with Gasteiger partial charge in [-0.05, 0) is 294 Å². The monoisotopic (exact) mass is 2120 g/mol. The molecule has 29 nitrogen and oxygen atoms in total. The Balaban J connectivity index is 0.000000110. The first-order valence-corrected chi connectivity index (χ1v) is 58.9. The van der Waals surface area contributed by atoms with Gasteiger partial charge in [0.25, 0.3) is 5.92 Å². The molecule has 792 valence electrons. The largest absolute Gasteiger partial charge is 0.573 e. The molecule has 7 aromatic heterocycles. The van der Waals surface area contributed by atoms with E-state index in [2.05, 4.69) is 120 Å². The van der Waals surface area contributed by atoms with E-state index in [1.807, 2.05) is 32.9 Å². The molecule has 0 aliphatic carbocycles. The van der Waals surface area contributed by atoms with Crippen molar-refractivity contribution in [2.45, 2.75) is 273 Å². The number of nitrogens with zero attached hydrogens (tertiary/aromatic N) is 28. The van der Waals surface area contributed by atoms with Crippen molar-refractivity contribution in [2.75, 3.05) is 240 Å². The van der Waals surface area contributed by atoms with Crippen molar-refractivity contribution in [1.82, 2.24) is 90.5 Å². The molecule has 0 radical (unpaired) electrons. The van der Waals surface area contributed by atoms with E-state index in [-0.39, 0.29) is 24.4 Å². The summed E-state index contributed by atoms with van der Waals surface area (Å²) in [5.74, 6) is 0.931. The lowest BCUT2D eigenvalue weighted by molar-refractivity contribution is -0.274. The van der Waals surface area contributed by atoms with E-state index in [1.165, 1.54) is 339 Å². The van der Waals surface area contributed by atoms with Crippen LogP contribution < -0.4 is 48.8 Å². The molecule has 15 saturated heterocycles. The highest BCUT2D eigenvalue weighted by Crippen LogP contribution is 2.40.